The minimum atomic E-state index is -0.693. The van der Waals surface area contributed by atoms with Gasteiger partial charge in [0.25, 0.3) is 5.91 Å². The van der Waals surface area contributed by atoms with Gasteiger partial charge in [-0.2, -0.15) is 0 Å². The Balaban J connectivity index is 1.48. The van der Waals surface area contributed by atoms with Crippen LogP contribution in [0.2, 0.25) is 10.0 Å². The van der Waals surface area contributed by atoms with Gasteiger partial charge in [-0.15, -0.1) is 0 Å². The van der Waals surface area contributed by atoms with Gasteiger partial charge < -0.3 is 19.9 Å². The Morgan fingerprint density at radius 3 is 2.47 bits per heavy atom. The molecule has 2 aromatic carbocycles. The van der Waals surface area contributed by atoms with Crippen molar-refractivity contribution in [2.75, 3.05) is 39.8 Å². The van der Waals surface area contributed by atoms with Crippen LogP contribution in [0.25, 0.3) is 16.8 Å². The van der Waals surface area contributed by atoms with Crippen molar-refractivity contribution in [2.24, 2.45) is 0 Å². The molecule has 2 aromatic heterocycles. The summed E-state index contributed by atoms with van der Waals surface area (Å²) in [4.78, 5) is 35.3. The minimum Gasteiger partial charge on any atom is -0.501 e. The molecule has 1 amide bonds. The topological polar surface area (TPSA) is 95.1 Å². The number of aromatic nitrogens is 3. The van der Waals surface area contributed by atoms with Crippen LogP contribution in [0.15, 0.2) is 47.3 Å². The van der Waals surface area contributed by atoms with E-state index in [0.717, 1.165) is 43.8 Å². The number of carbonyl (C=O) groups excluding carboxylic acids is 1. The Morgan fingerprint density at radius 2 is 1.75 bits per heavy atom. The van der Waals surface area contributed by atoms with Gasteiger partial charge >= 0.3 is 5.56 Å². The number of amides is 1. The van der Waals surface area contributed by atoms with Crippen LogP contribution in [0.1, 0.15) is 16.1 Å². The number of nitrogens with zero attached hydrogens (tertiary/aromatic N) is 5. The van der Waals surface area contributed by atoms with Crippen molar-refractivity contribution >= 4 is 45.9 Å². The smallest absolute Gasteiger partial charge is 0.302 e. The third-order valence-corrected chi connectivity index (χ3v) is 7.32. The molecule has 0 bridgehead atoms. The van der Waals surface area contributed by atoms with E-state index in [9.17, 15) is 14.7 Å². The highest BCUT2D eigenvalue weighted by molar-refractivity contribution is 6.42. The Morgan fingerprint density at radius 1 is 1.03 bits per heavy atom. The third kappa shape index (κ3) is 4.67. The molecule has 5 rings (SSSR count). The zero-order valence-corrected chi connectivity index (χ0v) is 21.3. The maximum absolute atomic E-state index is 13.2. The number of likely N-dealkylation sites (N-methyl/N-ethyl adjacent to an activating group) is 1. The van der Waals surface area contributed by atoms with E-state index in [-0.39, 0.29) is 12.2 Å². The second kappa shape index (κ2) is 10.1. The summed E-state index contributed by atoms with van der Waals surface area (Å²) in [6.07, 6.45) is 0. The van der Waals surface area contributed by atoms with E-state index < -0.39 is 17.2 Å². The lowest BCUT2D eigenvalue weighted by atomic mass is 10.2. The maximum atomic E-state index is 13.2. The van der Waals surface area contributed by atoms with Gasteiger partial charge in [-0.1, -0.05) is 41.4 Å². The molecule has 9 nitrogen and oxygen atoms in total. The molecule has 0 saturated carbocycles. The van der Waals surface area contributed by atoms with Crippen LogP contribution in [0.4, 0.5) is 0 Å². The van der Waals surface area contributed by atoms with Crippen LogP contribution in [0, 0.1) is 0 Å². The Hall–Kier alpha value is -3.11. The second-order valence-corrected chi connectivity index (χ2v) is 9.78. The summed E-state index contributed by atoms with van der Waals surface area (Å²) in [6.45, 7) is 5.42. The molecule has 4 aromatic rings. The number of halogens is 2. The first-order valence-corrected chi connectivity index (χ1v) is 12.4. The van der Waals surface area contributed by atoms with Crippen LogP contribution in [0.3, 0.4) is 0 Å². The summed E-state index contributed by atoms with van der Waals surface area (Å²) in [5, 5.41) is 14.1. The number of rotatable bonds is 6. The summed E-state index contributed by atoms with van der Waals surface area (Å²) >= 11 is 12.0. The van der Waals surface area contributed by atoms with Gasteiger partial charge in [0, 0.05) is 45.8 Å². The van der Waals surface area contributed by atoms with Gasteiger partial charge in [0.05, 0.1) is 21.1 Å². The average Bonchev–Trinajstić information content (AvgIpc) is 3.19. The number of aromatic hydroxyl groups is 1. The van der Waals surface area contributed by atoms with Crippen molar-refractivity contribution in [2.45, 2.75) is 13.1 Å². The lowest BCUT2D eigenvalue weighted by Crippen LogP contribution is -2.45. The first-order valence-electron chi connectivity index (χ1n) is 11.7. The Bertz CT molecular complexity index is 1510. The molecule has 3 heterocycles. The van der Waals surface area contributed by atoms with Gasteiger partial charge in [-0.3, -0.25) is 14.5 Å². The molecular weight excluding hydrogens is 503 g/mol. The van der Waals surface area contributed by atoms with Crippen LogP contribution in [0.5, 0.6) is 5.75 Å². The van der Waals surface area contributed by atoms with Crippen molar-refractivity contribution in [3.63, 3.8) is 0 Å². The molecule has 1 aliphatic rings. The fourth-order valence-electron chi connectivity index (χ4n) is 4.50. The van der Waals surface area contributed by atoms with E-state index in [1.165, 1.54) is 4.40 Å². The summed E-state index contributed by atoms with van der Waals surface area (Å²) in [5.74, 6) is -1.04. The lowest BCUT2D eigenvalue weighted by Gasteiger charge is -2.32. The van der Waals surface area contributed by atoms with Gasteiger partial charge in [0.1, 0.15) is 0 Å². The number of carbonyl (C=O) groups is 1. The van der Waals surface area contributed by atoms with Gasteiger partial charge in [0.15, 0.2) is 5.69 Å². The monoisotopic (exact) mass is 528 g/mol. The SMILES string of the molecule is CN1CCN(CCn2c3ccccc3n3c(=O)c(O)c(C(=O)NCc4ccc(Cl)c(Cl)c4)nc23)CC1. The summed E-state index contributed by atoms with van der Waals surface area (Å²) in [7, 11) is 2.11. The van der Waals surface area contributed by atoms with E-state index >= 15 is 0 Å². The zero-order valence-electron chi connectivity index (χ0n) is 19.7. The van der Waals surface area contributed by atoms with Gasteiger partial charge in [-0.25, -0.2) is 9.38 Å². The number of piperazine rings is 1. The maximum Gasteiger partial charge on any atom is 0.302 e. The first-order chi connectivity index (χ1) is 17.3. The molecule has 0 atom stereocenters. The fourth-order valence-corrected chi connectivity index (χ4v) is 4.82. The molecule has 36 heavy (non-hydrogen) atoms. The number of hydrogen-bond donors (Lipinski definition) is 2. The van der Waals surface area contributed by atoms with Crippen LogP contribution < -0.4 is 10.9 Å². The van der Waals surface area contributed by atoms with Crippen molar-refractivity contribution in [1.82, 2.24) is 29.1 Å². The zero-order chi connectivity index (χ0) is 25.4. The van der Waals surface area contributed by atoms with Crippen molar-refractivity contribution in [1.29, 1.82) is 0 Å². The molecule has 188 valence electrons. The number of fused-ring (bicyclic) bond motifs is 3. The first kappa shape index (κ1) is 24.6. The van der Waals surface area contributed by atoms with Gasteiger partial charge in [0.2, 0.25) is 11.5 Å². The fraction of sp³-hybridized carbons (Fsp3) is 0.320. The largest absolute Gasteiger partial charge is 0.501 e. The Kier molecular flexibility index (Phi) is 6.90. The molecule has 2 N–H and O–H groups in total. The predicted octanol–water partition coefficient (Wildman–Crippen LogP) is 2.84. The van der Waals surface area contributed by atoms with Crippen molar-refractivity contribution in [3.05, 3.63) is 74.1 Å². The van der Waals surface area contributed by atoms with E-state index in [1.807, 2.05) is 22.8 Å². The second-order valence-electron chi connectivity index (χ2n) is 8.97. The lowest BCUT2D eigenvalue weighted by molar-refractivity contribution is 0.0942. The predicted molar refractivity (Wildman–Crippen MR) is 140 cm³/mol. The highest BCUT2D eigenvalue weighted by atomic mass is 35.5. The standard InChI is InChI=1S/C25H26Cl2N6O3/c1-30-8-10-31(11-9-30)12-13-32-19-4-2-3-5-20(19)33-24(36)22(34)21(29-25(32)33)23(35)28-15-16-6-7-17(26)18(27)14-16/h2-7,14,34H,8-13,15H2,1H3,(H,28,35). The van der Waals surface area contributed by atoms with Crippen LogP contribution in [-0.4, -0.2) is 74.5 Å². The van der Waals surface area contributed by atoms with Crippen molar-refractivity contribution < 1.29 is 9.90 Å². The molecule has 0 spiro atoms. The molecule has 0 unspecified atom stereocenters. The highest BCUT2D eigenvalue weighted by Gasteiger charge is 2.23. The van der Waals surface area contributed by atoms with E-state index in [2.05, 4.69) is 27.1 Å². The number of para-hydroxylation sites is 2. The summed E-state index contributed by atoms with van der Waals surface area (Å²) in [5.41, 5.74) is 1.15. The molecule has 1 saturated heterocycles. The number of imidazole rings is 1. The molecule has 0 aliphatic carbocycles. The summed E-state index contributed by atoms with van der Waals surface area (Å²) in [6, 6.07) is 12.5. The van der Waals surface area contributed by atoms with Crippen LogP contribution in [-0.2, 0) is 13.1 Å². The Labute approximate surface area is 217 Å². The van der Waals surface area contributed by atoms with E-state index in [4.69, 9.17) is 23.2 Å². The molecule has 1 fully saturated rings. The summed E-state index contributed by atoms with van der Waals surface area (Å²) < 4.78 is 3.30. The average molecular weight is 529 g/mol. The molecule has 11 heteroatoms. The molecule has 1 aliphatic heterocycles. The number of benzene rings is 2. The van der Waals surface area contributed by atoms with Crippen molar-refractivity contribution in [3.8, 4) is 5.75 Å². The van der Waals surface area contributed by atoms with E-state index in [0.29, 0.717) is 27.9 Å². The normalized spacial score (nSPS) is 15.1. The van der Waals surface area contributed by atoms with Gasteiger partial charge in [-0.05, 0) is 36.9 Å². The molecular formula is C25H26Cl2N6O3. The molecule has 0 radical (unpaired) electrons. The van der Waals surface area contributed by atoms with Crippen LogP contribution >= 0.6 is 23.2 Å². The highest BCUT2D eigenvalue weighted by Crippen LogP contribution is 2.23. The number of hydrogen-bond acceptors (Lipinski definition) is 6. The third-order valence-electron chi connectivity index (χ3n) is 6.58. The number of nitrogens with one attached hydrogen (secondary N) is 1. The minimum absolute atomic E-state index is 0.128. The quantitative estimate of drug-likeness (QED) is 0.399. The van der Waals surface area contributed by atoms with E-state index in [1.54, 1.807) is 24.3 Å².